The van der Waals surface area contributed by atoms with Crippen molar-refractivity contribution in [2.24, 2.45) is 0 Å². The van der Waals surface area contributed by atoms with Crippen molar-refractivity contribution in [3.8, 4) is 0 Å². The van der Waals surface area contributed by atoms with Crippen LogP contribution in [-0.4, -0.2) is 49.5 Å². The molecule has 1 fully saturated rings. The smallest absolute Gasteiger partial charge is 0.243 e. The Bertz CT molecular complexity index is 568. The summed E-state index contributed by atoms with van der Waals surface area (Å²) in [6.07, 6.45) is 7.92. The van der Waals surface area contributed by atoms with Crippen LogP contribution in [0.2, 0.25) is 5.28 Å². The molecule has 1 aliphatic rings. The normalized spacial score (nSPS) is 18.9. The highest BCUT2D eigenvalue weighted by atomic mass is 35.5. The van der Waals surface area contributed by atoms with Crippen molar-refractivity contribution >= 4 is 21.6 Å². The number of rotatable bonds is 5. The fourth-order valence-electron chi connectivity index (χ4n) is 2.74. The molecule has 21 heavy (non-hydrogen) atoms. The Kier molecular flexibility index (Phi) is 5.19. The van der Waals surface area contributed by atoms with Crippen LogP contribution in [0.3, 0.4) is 0 Å². The third-order valence-corrected chi connectivity index (χ3v) is 5.78. The summed E-state index contributed by atoms with van der Waals surface area (Å²) in [7, 11) is 0.402. The van der Waals surface area contributed by atoms with Crippen LogP contribution >= 0.6 is 11.6 Å². The first-order chi connectivity index (χ1) is 9.86. The maximum Gasteiger partial charge on any atom is 0.243 e. The number of sulfonamides is 1. The predicted octanol–water partition coefficient (Wildman–Crippen LogP) is 1.67. The van der Waals surface area contributed by atoms with Gasteiger partial charge in [-0.3, -0.25) is 0 Å². The van der Waals surface area contributed by atoms with Crippen molar-refractivity contribution in [1.82, 2.24) is 19.6 Å². The summed E-state index contributed by atoms with van der Waals surface area (Å²) in [6.45, 7) is 0.394. The molecule has 0 aliphatic heterocycles. The van der Waals surface area contributed by atoms with Gasteiger partial charge in [-0.05, 0) is 38.5 Å². The van der Waals surface area contributed by atoms with Gasteiger partial charge in [0.15, 0.2) is 0 Å². The van der Waals surface area contributed by atoms with E-state index >= 15 is 0 Å². The zero-order valence-electron chi connectivity index (χ0n) is 12.3. The van der Waals surface area contributed by atoms with Crippen LogP contribution in [0.5, 0.6) is 0 Å². The lowest BCUT2D eigenvalue weighted by molar-refractivity contribution is 0.105. The summed E-state index contributed by atoms with van der Waals surface area (Å²) in [6, 6.07) is 0. The maximum atomic E-state index is 12.3. The van der Waals surface area contributed by atoms with Crippen LogP contribution in [0.25, 0.3) is 0 Å². The SMILES string of the molecule is CN(C)C1(CNS(=O)(=O)c2cnc(Cl)nc2)CCCCC1. The average Bonchev–Trinajstić information content (AvgIpc) is 2.46. The van der Waals surface area contributed by atoms with Crippen molar-refractivity contribution in [3.63, 3.8) is 0 Å². The zero-order chi connectivity index (χ0) is 15.5. The van der Waals surface area contributed by atoms with E-state index in [0.29, 0.717) is 6.54 Å². The lowest BCUT2D eigenvalue weighted by atomic mass is 9.81. The van der Waals surface area contributed by atoms with E-state index in [0.717, 1.165) is 25.7 Å². The molecule has 0 unspecified atom stereocenters. The molecule has 0 bridgehead atoms. The fourth-order valence-corrected chi connectivity index (χ4v) is 3.85. The van der Waals surface area contributed by atoms with E-state index in [1.807, 2.05) is 14.1 Å². The average molecular weight is 333 g/mol. The molecule has 1 heterocycles. The second-order valence-corrected chi connectivity index (χ2v) is 7.80. The molecule has 0 amide bonds. The monoisotopic (exact) mass is 332 g/mol. The Morgan fingerprint density at radius 2 is 1.81 bits per heavy atom. The van der Waals surface area contributed by atoms with Gasteiger partial charge in [-0.15, -0.1) is 0 Å². The molecule has 1 N–H and O–H groups in total. The molecular formula is C13H21ClN4O2S. The topological polar surface area (TPSA) is 75.2 Å². The molecule has 0 spiro atoms. The van der Waals surface area contributed by atoms with Crippen LogP contribution in [0.4, 0.5) is 0 Å². The molecule has 1 aromatic heterocycles. The molecule has 1 saturated carbocycles. The minimum absolute atomic E-state index is 0.0333. The lowest BCUT2D eigenvalue weighted by Gasteiger charge is -2.43. The summed E-state index contributed by atoms with van der Waals surface area (Å²) in [5, 5.41) is 0.0333. The van der Waals surface area contributed by atoms with Crippen LogP contribution in [0, 0.1) is 0 Å². The molecule has 2 rings (SSSR count). The molecular weight excluding hydrogens is 312 g/mol. The van der Waals surface area contributed by atoms with Gasteiger partial charge in [0.2, 0.25) is 15.3 Å². The summed E-state index contributed by atoms with van der Waals surface area (Å²) >= 11 is 5.58. The first-order valence-electron chi connectivity index (χ1n) is 7.00. The van der Waals surface area contributed by atoms with Gasteiger partial charge in [0.25, 0.3) is 0 Å². The van der Waals surface area contributed by atoms with Crippen molar-refractivity contribution in [2.45, 2.75) is 42.5 Å². The summed E-state index contributed by atoms with van der Waals surface area (Å²) in [5.74, 6) is 0. The highest BCUT2D eigenvalue weighted by Gasteiger charge is 2.35. The minimum Gasteiger partial charge on any atom is -0.302 e. The van der Waals surface area contributed by atoms with E-state index in [2.05, 4.69) is 19.6 Å². The maximum absolute atomic E-state index is 12.3. The second-order valence-electron chi connectivity index (χ2n) is 5.69. The number of nitrogens with one attached hydrogen (secondary N) is 1. The Labute approximate surface area is 131 Å². The Morgan fingerprint density at radius 1 is 1.24 bits per heavy atom. The van der Waals surface area contributed by atoms with E-state index in [1.54, 1.807) is 0 Å². The number of likely N-dealkylation sites (N-methyl/N-ethyl adjacent to an activating group) is 1. The molecule has 8 heteroatoms. The Hall–Kier alpha value is -0.760. The van der Waals surface area contributed by atoms with Gasteiger partial charge in [-0.1, -0.05) is 19.3 Å². The third kappa shape index (κ3) is 3.91. The summed E-state index contributed by atoms with van der Waals surface area (Å²) < 4.78 is 27.3. The van der Waals surface area contributed by atoms with Gasteiger partial charge in [0, 0.05) is 12.1 Å². The number of nitrogens with zero attached hydrogens (tertiary/aromatic N) is 3. The molecule has 1 aliphatic carbocycles. The van der Waals surface area contributed by atoms with Crippen LogP contribution in [0.1, 0.15) is 32.1 Å². The quantitative estimate of drug-likeness (QED) is 0.830. The van der Waals surface area contributed by atoms with E-state index < -0.39 is 10.0 Å². The highest BCUT2D eigenvalue weighted by Crippen LogP contribution is 2.31. The van der Waals surface area contributed by atoms with E-state index in [-0.39, 0.29) is 15.7 Å². The number of aromatic nitrogens is 2. The highest BCUT2D eigenvalue weighted by molar-refractivity contribution is 7.89. The molecule has 118 valence electrons. The minimum atomic E-state index is -3.61. The van der Waals surface area contributed by atoms with E-state index in [9.17, 15) is 8.42 Å². The largest absolute Gasteiger partial charge is 0.302 e. The number of hydrogen-bond donors (Lipinski definition) is 1. The first-order valence-corrected chi connectivity index (χ1v) is 8.86. The molecule has 1 aromatic rings. The third-order valence-electron chi connectivity index (χ3n) is 4.23. The van der Waals surface area contributed by atoms with Gasteiger partial charge < -0.3 is 4.90 Å². The van der Waals surface area contributed by atoms with Gasteiger partial charge >= 0.3 is 0 Å². The summed E-state index contributed by atoms with van der Waals surface area (Å²) in [4.78, 5) is 9.61. The van der Waals surface area contributed by atoms with Crippen LogP contribution in [-0.2, 0) is 10.0 Å². The Morgan fingerprint density at radius 3 is 2.33 bits per heavy atom. The van der Waals surface area contributed by atoms with Crippen LogP contribution < -0.4 is 4.72 Å². The first kappa shape index (κ1) is 16.6. The lowest BCUT2D eigenvalue weighted by Crippen LogP contribution is -2.53. The van der Waals surface area contributed by atoms with Gasteiger partial charge in [0.05, 0.1) is 12.4 Å². The Balaban J connectivity index is 2.11. The van der Waals surface area contributed by atoms with Crippen molar-refractivity contribution < 1.29 is 8.42 Å². The van der Waals surface area contributed by atoms with Crippen molar-refractivity contribution in [3.05, 3.63) is 17.7 Å². The zero-order valence-corrected chi connectivity index (χ0v) is 13.9. The predicted molar refractivity (Wildman–Crippen MR) is 81.7 cm³/mol. The fraction of sp³-hybridized carbons (Fsp3) is 0.692. The van der Waals surface area contributed by atoms with Crippen molar-refractivity contribution in [1.29, 1.82) is 0 Å². The molecule has 0 aromatic carbocycles. The van der Waals surface area contributed by atoms with E-state index in [1.165, 1.54) is 18.8 Å². The second kappa shape index (κ2) is 6.56. The number of halogens is 1. The molecule has 0 radical (unpaired) electrons. The van der Waals surface area contributed by atoms with Gasteiger partial charge in [-0.2, -0.15) is 0 Å². The van der Waals surface area contributed by atoms with Crippen molar-refractivity contribution in [2.75, 3.05) is 20.6 Å². The number of hydrogen-bond acceptors (Lipinski definition) is 5. The standard InChI is InChI=1S/C13H21ClN4O2S/c1-18(2)13(6-4-3-5-7-13)10-17-21(19,20)11-8-15-12(14)16-9-11/h8-9,17H,3-7,10H2,1-2H3. The van der Waals surface area contributed by atoms with Crippen LogP contribution in [0.15, 0.2) is 17.3 Å². The van der Waals surface area contributed by atoms with Gasteiger partial charge in [0.1, 0.15) is 4.90 Å². The molecule has 6 nitrogen and oxygen atoms in total. The van der Waals surface area contributed by atoms with E-state index in [4.69, 9.17) is 11.6 Å². The summed E-state index contributed by atoms with van der Waals surface area (Å²) in [5.41, 5.74) is -0.112. The molecule has 0 saturated heterocycles. The molecule has 0 atom stereocenters. The van der Waals surface area contributed by atoms with Gasteiger partial charge in [-0.25, -0.2) is 23.1 Å².